The number of hydrogen-bond donors (Lipinski definition) is 1. The van der Waals surface area contributed by atoms with Crippen LogP contribution in [0, 0.1) is 5.92 Å². The molecule has 0 aliphatic carbocycles. The fraction of sp³-hybridized carbons (Fsp3) is 1.00. The van der Waals surface area contributed by atoms with Crippen LogP contribution in [0.25, 0.3) is 0 Å². The summed E-state index contributed by atoms with van der Waals surface area (Å²) in [7, 11) is -0.643. The number of rotatable bonds is 4. The van der Waals surface area contributed by atoms with Crippen LogP contribution in [0.4, 0.5) is 0 Å². The summed E-state index contributed by atoms with van der Waals surface area (Å²) in [6.07, 6.45) is 1.05. The van der Waals surface area contributed by atoms with E-state index in [-0.39, 0.29) is 6.10 Å². The van der Waals surface area contributed by atoms with Crippen molar-refractivity contribution in [2.24, 2.45) is 5.92 Å². The molecule has 0 amide bonds. The van der Waals surface area contributed by atoms with Crippen LogP contribution >= 0.6 is 0 Å². The van der Waals surface area contributed by atoms with Gasteiger partial charge in [0.25, 0.3) is 0 Å². The molecule has 0 saturated carbocycles. The lowest BCUT2D eigenvalue weighted by atomic mass is 10.1. The number of likely N-dealkylation sites (N-methyl/N-ethyl adjacent to an activating group) is 1. The van der Waals surface area contributed by atoms with Gasteiger partial charge in [-0.05, 0) is 25.9 Å². The van der Waals surface area contributed by atoms with E-state index in [1.165, 1.54) is 0 Å². The largest absolute Gasteiger partial charge is 0.374 e. The predicted octanol–water partition coefficient (Wildman–Crippen LogP) is -0.659. The van der Waals surface area contributed by atoms with E-state index in [1.54, 1.807) is 0 Å². The van der Waals surface area contributed by atoms with Gasteiger partial charge in [-0.3, -0.25) is 0 Å². The second kappa shape index (κ2) is 5.65. The summed E-state index contributed by atoms with van der Waals surface area (Å²) in [6.45, 7) is 4.36. The molecule has 2 saturated heterocycles. The number of ether oxygens (including phenoxy) is 1. The Balaban J connectivity index is 1.63. The molecule has 2 fully saturated rings. The third-order valence-electron chi connectivity index (χ3n) is 3.47. The van der Waals surface area contributed by atoms with Crippen LogP contribution in [-0.2, 0) is 14.6 Å². The van der Waals surface area contributed by atoms with Gasteiger partial charge in [0.15, 0.2) is 9.84 Å². The van der Waals surface area contributed by atoms with Crippen LogP contribution in [0.1, 0.15) is 6.42 Å². The lowest BCUT2D eigenvalue weighted by Gasteiger charge is -2.30. The van der Waals surface area contributed by atoms with Crippen molar-refractivity contribution in [2.45, 2.75) is 12.5 Å². The molecule has 0 spiro atoms. The molecule has 100 valence electrons. The molecule has 0 aromatic heterocycles. The Bertz CT molecular complexity index is 345. The van der Waals surface area contributed by atoms with Gasteiger partial charge in [-0.25, -0.2) is 8.42 Å². The van der Waals surface area contributed by atoms with E-state index in [9.17, 15) is 8.42 Å². The lowest BCUT2D eigenvalue weighted by molar-refractivity contribution is -0.0182. The Morgan fingerprint density at radius 3 is 2.88 bits per heavy atom. The molecule has 6 heteroatoms. The number of hydrogen-bond acceptors (Lipinski definition) is 5. The monoisotopic (exact) mass is 262 g/mol. The maximum absolute atomic E-state index is 11.3. The van der Waals surface area contributed by atoms with Crippen molar-refractivity contribution in [3.05, 3.63) is 0 Å². The Labute approximate surface area is 103 Å². The smallest absolute Gasteiger partial charge is 0.150 e. The van der Waals surface area contributed by atoms with Gasteiger partial charge in [0.05, 0.1) is 24.2 Å². The van der Waals surface area contributed by atoms with E-state index in [0.29, 0.717) is 17.4 Å². The highest BCUT2D eigenvalue weighted by Crippen LogP contribution is 2.17. The first-order valence-corrected chi connectivity index (χ1v) is 8.08. The second-order valence-electron chi connectivity index (χ2n) is 5.18. The number of nitrogens with zero attached hydrogens (tertiary/aromatic N) is 1. The summed E-state index contributed by atoms with van der Waals surface area (Å²) in [5.41, 5.74) is 0. The Morgan fingerprint density at radius 1 is 1.41 bits per heavy atom. The van der Waals surface area contributed by atoms with E-state index >= 15 is 0 Å². The second-order valence-corrected chi connectivity index (χ2v) is 7.41. The molecule has 0 bridgehead atoms. The summed E-state index contributed by atoms with van der Waals surface area (Å²) in [5, 5.41) is 3.34. The highest BCUT2D eigenvalue weighted by molar-refractivity contribution is 7.91. The number of nitrogens with one attached hydrogen (secondary N) is 1. The molecule has 2 aliphatic rings. The highest BCUT2D eigenvalue weighted by Gasteiger charge is 2.27. The topological polar surface area (TPSA) is 58.6 Å². The molecule has 1 N–H and O–H groups in total. The van der Waals surface area contributed by atoms with Crippen LogP contribution in [0.2, 0.25) is 0 Å². The standard InChI is InChI=1S/C11H22N2O3S/c1-13-3-4-16-11(8-13)7-12-6-10-2-5-17(14,15)9-10/h10-12H,2-9H2,1H3. The van der Waals surface area contributed by atoms with Gasteiger partial charge in [0.1, 0.15) is 0 Å². The van der Waals surface area contributed by atoms with Crippen molar-refractivity contribution < 1.29 is 13.2 Å². The van der Waals surface area contributed by atoms with E-state index < -0.39 is 9.84 Å². The first-order valence-electron chi connectivity index (χ1n) is 6.26. The summed E-state index contributed by atoms with van der Waals surface area (Å²) in [5.74, 6) is 1.01. The van der Waals surface area contributed by atoms with Crippen molar-refractivity contribution in [3.63, 3.8) is 0 Å². The molecule has 2 unspecified atom stereocenters. The number of sulfone groups is 1. The van der Waals surface area contributed by atoms with Crippen molar-refractivity contribution in [3.8, 4) is 0 Å². The molecule has 0 aromatic rings. The molecule has 5 nitrogen and oxygen atoms in total. The molecule has 17 heavy (non-hydrogen) atoms. The normalized spacial score (nSPS) is 33.9. The first-order chi connectivity index (χ1) is 8.05. The van der Waals surface area contributed by atoms with E-state index in [2.05, 4.69) is 17.3 Å². The van der Waals surface area contributed by atoms with Crippen LogP contribution in [0.15, 0.2) is 0 Å². The van der Waals surface area contributed by atoms with Gasteiger partial charge in [0.2, 0.25) is 0 Å². The minimum atomic E-state index is -2.74. The molecule has 2 rings (SSSR count). The van der Waals surface area contributed by atoms with E-state index in [1.807, 2.05) is 0 Å². The molecule has 0 radical (unpaired) electrons. The average Bonchev–Trinajstić information content (AvgIpc) is 2.58. The van der Waals surface area contributed by atoms with Gasteiger partial charge in [-0.1, -0.05) is 0 Å². The van der Waals surface area contributed by atoms with Crippen molar-refractivity contribution in [2.75, 3.05) is 51.3 Å². The highest BCUT2D eigenvalue weighted by atomic mass is 32.2. The Morgan fingerprint density at radius 2 is 2.24 bits per heavy atom. The minimum Gasteiger partial charge on any atom is -0.374 e. The minimum absolute atomic E-state index is 0.242. The lowest BCUT2D eigenvalue weighted by Crippen LogP contribution is -2.45. The Kier molecular flexibility index (Phi) is 4.41. The van der Waals surface area contributed by atoms with Crippen molar-refractivity contribution in [1.29, 1.82) is 0 Å². The summed E-state index contributed by atoms with van der Waals surface area (Å²) in [6, 6.07) is 0. The molecule has 2 heterocycles. The van der Waals surface area contributed by atoms with E-state index in [0.717, 1.165) is 39.2 Å². The number of morpholine rings is 1. The summed E-state index contributed by atoms with van der Waals surface area (Å²) >= 11 is 0. The Hall–Kier alpha value is -0.170. The predicted molar refractivity (Wildman–Crippen MR) is 66.9 cm³/mol. The average molecular weight is 262 g/mol. The molecule has 2 atom stereocenters. The van der Waals surface area contributed by atoms with Gasteiger partial charge < -0.3 is 15.0 Å². The van der Waals surface area contributed by atoms with Crippen LogP contribution < -0.4 is 5.32 Å². The van der Waals surface area contributed by atoms with Gasteiger partial charge >= 0.3 is 0 Å². The SMILES string of the molecule is CN1CCOC(CNCC2CCS(=O)(=O)C2)C1. The zero-order chi connectivity index (χ0) is 12.3. The summed E-state index contributed by atoms with van der Waals surface area (Å²) in [4.78, 5) is 2.26. The van der Waals surface area contributed by atoms with Gasteiger partial charge in [0, 0.05) is 19.6 Å². The zero-order valence-corrected chi connectivity index (χ0v) is 11.2. The molecule has 0 aromatic carbocycles. The maximum atomic E-state index is 11.3. The first kappa shape index (κ1) is 13.3. The van der Waals surface area contributed by atoms with Crippen LogP contribution in [-0.4, -0.2) is 70.8 Å². The third-order valence-corrected chi connectivity index (χ3v) is 5.31. The molecular weight excluding hydrogens is 240 g/mol. The fourth-order valence-electron chi connectivity index (χ4n) is 2.47. The van der Waals surface area contributed by atoms with Crippen molar-refractivity contribution >= 4 is 9.84 Å². The fourth-order valence-corrected chi connectivity index (χ4v) is 4.33. The van der Waals surface area contributed by atoms with Crippen LogP contribution in [0.5, 0.6) is 0 Å². The third kappa shape index (κ3) is 4.21. The zero-order valence-electron chi connectivity index (χ0n) is 10.4. The quantitative estimate of drug-likeness (QED) is 0.729. The van der Waals surface area contributed by atoms with Gasteiger partial charge in [-0.15, -0.1) is 0 Å². The van der Waals surface area contributed by atoms with Gasteiger partial charge in [-0.2, -0.15) is 0 Å². The summed E-state index contributed by atoms with van der Waals surface area (Å²) < 4.78 is 28.2. The van der Waals surface area contributed by atoms with Crippen LogP contribution in [0.3, 0.4) is 0 Å². The van der Waals surface area contributed by atoms with Crippen molar-refractivity contribution in [1.82, 2.24) is 10.2 Å². The molecular formula is C11H22N2O3S. The molecule has 2 aliphatic heterocycles. The van der Waals surface area contributed by atoms with E-state index in [4.69, 9.17) is 4.74 Å². The maximum Gasteiger partial charge on any atom is 0.150 e.